The lowest BCUT2D eigenvalue weighted by atomic mass is 10.1. The first-order valence-corrected chi connectivity index (χ1v) is 7.41. The molecule has 0 spiro atoms. The van der Waals surface area contributed by atoms with E-state index in [4.69, 9.17) is 0 Å². The summed E-state index contributed by atoms with van der Waals surface area (Å²) in [4.78, 5) is 13.7. The summed E-state index contributed by atoms with van der Waals surface area (Å²) < 4.78 is 1.96. The molecule has 114 valence electrons. The van der Waals surface area contributed by atoms with Gasteiger partial charge in [-0.1, -0.05) is 0 Å². The normalized spacial score (nSPS) is 11.7. The second kappa shape index (κ2) is 7.43. The van der Waals surface area contributed by atoms with E-state index in [1.165, 1.54) is 0 Å². The molecule has 0 saturated heterocycles. The molecule has 5 heteroatoms. The minimum Gasteiger partial charge on any atom is -0.343 e. The molecular formula is C15H28N4O. The third kappa shape index (κ3) is 4.96. The molecule has 5 nitrogen and oxygen atoms in total. The van der Waals surface area contributed by atoms with Crippen LogP contribution in [-0.4, -0.2) is 40.2 Å². The first-order valence-electron chi connectivity index (χ1n) is 7.41. The summed E-state index contributed by atoms with van der Waals surface area (Å²) >= 11 is 0. The van der Waals surface area contributed by atoms with Crippen molar-refractivity contribution < 1.29 is 4.79 Å². The molecule has 0 unspecified atom stereocenters. The SMILES string of the molecule is CCN(CC)C(=O)CCNCc1cnn(C(C)(C)C)c1. The second-order valence-corrected chi connectivity index (χ2v) is 5.96. The summed E-state index contributed by atoms with van der Waals surface area (Å²) in [6.07, 6.45) is 4.48. The number of rotatable bonds is 7. The van der Waals surface area contributed by atoms with Crippen molar-refractivity contribution in [1.29, 1.82) is 0 Å². The van der Waals surface area contributed by atoms with Gasteiger partial charge >= 0.3 is 0 Å². The van der Waals surface area contributed by atoms with Crippen LogP contribution in [-0.2, 0) is 16.9 Å². The first kappa shape index (κ1) is 16.7. The van der Waals surface area contributed by atoms with Crippen molar-refractivity contribution in [3.05, 3.63) is 18.0 Å². The first-order chi connectivity index (χ1) is 9.38. The fourth-order valence-corrected chi connectivity index (χ4v) is 1.98. The van der Waals surface area contributed by atoms with E-state index < -0.39 is 0 Å². The Morgan fingerprint density at radius 1 is 1.35 bits per heavy atom. The molecule has 0 fully saturated rings. The minimum absolute atomic E-state index is 0.0109. The molecule has 0 bridgehead atoms. The summed E-state index contributed by atoms with van der Waals surface area (Å²) in [5.41, 5.74) is 1.16. The van der Waals surface area contributed by atoms with Crippen molar-refractivity contribution in [3.63, 3.8) is 0 Å². The van der Waals surface area contributed by atoms with Crippen molar-refractivity contribution in [2.24, 2.45) is 0 Å². The Morgan fingerprint density at radius 3 is 2.50 bits per heavy atom. The zero-order valence-electron chi connectivity index (χ0n) is 13.4. The van der Waals surface area contributed by atoms with Gasteiger partial charge in [0, 0.05) is 44.4 Å². The van der Waals surface area contributed by atoms with Gasteiger partial charge < -0.3 is 10.2 Å². The summed E-state index contributed by atoms with van der Waals surface area (Å²) in [7, 11) is 0. The summed E-state index contributed by atoms with van der Waals surface area (Å²) in [6.45, 7) is 13.4. The van der Waals surface area contributed by atoms with Gasteiger partial charge in [-0.05, 0) is 34.6 Å². The number of nitrogens with zero attached hydrogens (tertiary/aromatic N) is 3. The summed E-state index contributed by atoms with van der Waals surface area (Å²) in [5, 5.41) is 7.66. The van der Waals surface area contributed by atoms with Gasteiger partial charge in [-0.2, -0.15) is 5.10 Å². The molecule has 20 heavy (non-hydrogen) atoms. The molecule has 1 rings (SSSR count). The number of amides is 1. The Bertz CT molecular complexity index is 416. The largest absolute Gasteiger partial charge is 0.343 e. The van der Waals surface area contributed by atoms with Gasteiger partial charge in [0.25, 0.3) is 0 Å². The third-order valence-corrected chi connectivity index (χ3v) is 3.28. The number of carbonyl (C=O) groups is 1. The molecule has 1 amide bonds. The maximum atomic E-state index is 11.8. The van der Waals surface area contributed by atoms with Crippen LogP contribution in [0, 0.1) is 0 Å². The maximum Gasteiger partial charge on any atom is 0.223 e. The van der Waals surface area contributed by atoms with Gasteiger partial charge in [0.2, 0.25) is 5.91 Å². The monoisotopic (exact) mass is 280 g/mol. The van der Waals surface area contributed by atoms with Gasteiger partial charge in [0.15, 0.2) is 0 Å². The van der Waals surface area contributed by atoms with E-state index in [9.17, 15) is 4.79 Å². The number of hydrogen-bond acceptors (Lipinski definition) is 3. The van der Waals surface area contributed by atoms with Crippen molar-refractivity contribution >= 4 is 5.91 Å². The molecule has 0 aromatic carbocycles. The van der Waals surface area contributed by atoms with Gasteiger partial charge in [0.1, 0.15) is 0 Å². The predicted molar refractivity (Wildman–Crippen MR) is 81.5 cm³/mol. The van der Waals surface area contributed by atoms with Crippen molar-refractivity contribution in [2.45, 2.75) is 53.1 Å². The number of hydrogen-bond donors (Lipinski definition) is 1. The van der Waals surface area contributed by atoms with Gasteiger partial charge in [-0.15, -0.1) is 0 Å². The maximum absolute atomic E-state index is 11.8. The van der Waals surface area contributed by atoms with Crippen LogP contribution in [0.4, 0.5) is 0 Å². The third-order valence-electron chi connectivity index (χ3n) is 3.28. The molecular weight excluding hydrogens is 252 g/mol. The lowest BCUT2D eigenvalue weighted by Gasteiger charge is -2.19. The Balaban J connectivity index is 2.31. The Kier molecular flexibility index (Phi) is 6.20. The van der Waals surface area contributed by atoms with E-state index in [1.807, 2.05) is 29.6 Å². The van der Waals surface area contributed by atoms with E-state index in [-0.39, 0.29) is 11.4 Å². The van der Waals surface area contributed by atoms with Gasteiger partial charge in [-0.25, -0.2) is 0 Å². The Hall–Kier alpha value is -1.36. The molecule has 0 radical (unpaired) electrons. The van der Waals surface area contributed by atoms with Gasteiger partial charge in [-0.3, -0.25) is 9.48 Å². The van der Waals surface area contributed by atoms with E-state index in [2.05, 4.69) is 37.4 Å². The number of aromatic nitrogens is 2. The molecule has 0 aliphatic heterocycles. The predicted octanol–water partition coefficient (Wildman–Crippen LogP) is 1.99. The Morgan fingerprint density at radius 2 is 2.00 bits per heavy atom. The standard InChI is InChI=1S/C15H28N4O/c1-6-18(7-2)14(20)8-9-16-10-13-11-17-19(12-13)15(3,4)5/h11-12,16H,6-10H2,1-5H3. The quantitative estimate of drug-likeness (QED) is 0.777. The summed E-state index contributed by atoms with van der Waals surface area (Å²) in [6, 6.07) is 0. The van der Waals surface area contributed by atoms with E-state index in [1.54, 1.807) is 0 Å². The van der Waals surface area contributed by atoms with E-state index in [0.29, 0.717) is 13.0 Å². The molecule has 0 atom stereocenters. The van der Waals surface area contributed by atoms with Crippen LogP contribution in [0.25, 0.3) is 0 Å². The van der Waals surface area contributed by atoms with Crippen LogP contribution >= 0.6 is 0 Å². The molecule has 0 aliphatic rings. The van der Waals surface area contributed by atoms with Crippen molar-refractivity contribution in [2.75, 3.05) is 19.6 Å². The smallest absolute Gasteiger partial charge is 0.223 e. The average molecular weight is 280 g/mol. The highest BCUT2D eigenvalue weighted by molar-refractivity contribution is 5.76. The lowest BCUT2D eigenvalue weighted by Crippen LogP contribution is -2.32. The van der Waals surface area contributed by atoms with Crippen molar-refractivity contribution in [3.8, 4) is 0 Å². The van der Waals surface area contributed by atoms with Crippen LogP contribution in [0.5, 0.6) is 0 Å². The molecule has 0 aliphatic carbocycles. The topological polar surface area (TPSA) is 50.2 Å². The van der Waals surface area contributed by atoms with Crippen LogP contribution in [0.1, 0.15) is 46.6 Å². The van der Waals surface area contributed by atoms with E-state index >= 15 is 0 Å². The van der Waals surface area contributed by atoms with Crippen LogP contribution in [0.3, 0.4) is 0 Å². The van der Waals surface area contributed by atoms with Crippen LogP contribution in [0.2, 0.25) is 0 Å². The second-order valence-electron chi connectivity index (χ2n) is 5.96. The average Bonchev–Trinajstić information content (AvgIpc) is 2.85. The fourth-order valence-electron chi connectivity index (χ4n) is 1.98. The van der Waals surface area contributed by atoms with Gasteiger partial charge in [0.05, 0.1) is 11.7 Å². The molecule has 1 aromatic heterocycles. The summed E-state index contributed by atoms with van der Waals surface area (Å²) in [5.74, 6) is 0.216. The highest BCUT2D eigenvalue weighted by Gasteiger charge is 2.13. The number of nitrogens with one attached hydrogen (secondary N) is 1. The fraction of sp³-hybridized carbons (Fsp3) is 0.733. The molecule has 1 heterocycles. The molecule has 1 aromatic rings. The van der Waals surface area contributed by atoms with Crippen molar-refractivity contribution in [1.82, 2.24) is 20.0 Å². The Labute approximate surface area is 122 Å². The minimum atomic E-state index is 0.0109. The highest BCUT2D eigenvalue weighted by atomic mass is 16.2. The van der Waals surface area contributed by atoms with Crippen LogP contribution < -0.4 is 5.32 Å². The number of carbonyl (C=O) groups excluding carboxylic acids is 1. The van der Waals surface area contributed by atoms with E-state index in [0.717, 1.165) is 25.2 Å². The highest BCUT2D eigenvalue weighted by Crippen LogP contribution is 2.12. The molecule has 1 N–H and O–H groups in total. The zero-order chi connectivity index (χ0) is 15.2. The lowest BCUT2D eigenvalue weighted by molar-refractivity contribution is -0.130. The van der Waals surface area contributed by atoms with Crippen LogP contribution in [0.15, 0.2) is 12.4 Å². The zero-order valence-corrected chi connectivity index (χ0v) is 13.4. The molecule has 0 saturated carbocycles.